The van der Waals surface area contributed by atoms with Crippen molar-refractivity contribution in [1.82, 2.24) is 10.6 Å². The Morgan fingerprint density at radius 3 is 2.70 bits per heavy atom. The van der Waals surface area contributed by atoms with E-state index in [9.17, 15) is 4.79 Å². The first-order valence-electron chi connectivity index (χ1n) is 8.27. The predicted octanol–water partition coefficient (Wildman–Crippen LogP) is 3.48. The number of halogens is 1. The fourth-order valence-electron chi connectivity index (χ4n) is 3.11. The third kappa shape index (κ3) is 4.24. The Hall–Kier alpha value is -1.58. The van der Waals surface area contributed by atoms with Crippen molar-refractivity contribution in [1.29, 1.82) is 0 Å². The Balaban J connectivity index is 0.00000192. The van der Waals surface area contributed by atoms with Gasteiger partial charge < -0.3 is 10.6 Å². The lowest BCUT2D eigenvalue weighted by Crippen LogP contribution is -2.33. The quantitative estimate of drug-likeness (QED) is 0.762. The highest BCUT2D eigenvalue weighted by molar-refractivity contribution is 5.89. The SMILES string of the molecule is CCCNCCNC(=O)C1CC1c1cccc2ccccc12.Cl. The zero-order valence-electron chi connectivity index (χ0n) is 13.5. The number of rotatable bonds is 7. The van der Waals surface area contributed by atoms with Crippen LogP contribution in [0.25, 0.3) is 10.8 Å². The van der Waals surface area contributed by atoms with Gasteiger partial charge >= 0.3 is 0 Å². The minimum absolute atomic E-state index is 0. The maximum atomic E-state index is 12.2. The number of carbonyl (C=O) groups is 1. The summed E-state index contributed by atoms with van der Waals surface area (Å²) < 4.78 is 0. The number of hydrogen-bond donors (Lipinski definition) is 2. The zero-order valence-corrected chi connectivity index (χ0v) is 14.4. The third-order valence-corrected chi connectivity index (χ3v) is 4.38. The van der Waals surface area contributed by atoms with Crippen molar-refractivity contribution in [2.24, 2.45) is 5.92 Å². The van der Waals surface area contributed by atoms with Gasteiger partial charge in [0.05, 0.1) is 0 Å². The molecule has 1 amide bonds. The monoisotopic (exact) mass is 332 g/mol. The van der Waals surface area contributed by atoms with Gasteiger partial charge in [-0.1, -0.05) is 49.4 Å². The van der Waals surface area contributed by atoms with Gasteiger partial charge in [-0.05, 0) is 41.6 Å². The molecule has 2 aromatic carbocycles. The van der Waals surface area contributed by atoms with Crippen molar-refractivity contribution in [3.8, 4) is 0 Å². The van der Waals surface area contributed by atoms with Gasteiger partial charge in [0, 0.05) is 19.0 Å². The van der Waals surface area contributed by atoms with Crippen LogP contribution >= 0.6 is 12.4 Å². The second-order valence-corrected chi connectivity index (χ2v) is 6.06. The standard InChI is InChI=1S/C19H24N2O.ClH/c1-2-10-20-11-12-21-19(22)18-13-17(18)16-9-5-7-14-6-3-4-8-15(14)16;/h3-9,17-18,20H,2,10-13H2,1H3,(H,21,22);1H. The molecule has 0 saturated heterocycles. The van der Waals surface area contributed by atoms with Crippen LogP contribution in [0.1, 0.15) is 31.2 Å². The van der Waals surface area contributed by atoms with Crippen molar-refractivity contribution < 1.29 is 4.79 Å². The molecule has 4 heteroatoms. The van der Waals surface area contributed by atoms with Crippen LogP contribution in [0.2, 0.25) is 0 Å². The van der Waals surface area contributed by atoms with Crippen molar-refractivity contribution >= 4 is 29.1 Å². The van der Waals surface area contributed by atoms with E-state index in [0.29, 0.717) is 5.92 Å². The molecule has 1 saturated carbocycles. The first kappa shape index (κ1) is 17.8. The Bertz CT molecular complexity index is 653. The van der Waals surface area contributed by atoms with E-state index in [1.807, 2.05) is 0 Å². The summed E-state index contributed by atoms with van der Waals surface area (Å²) in [5.41, 5.74) is 1.32. The fraction of sp³-hybridized carbons (Fsp3) is 0.421. The van der Waals surface area contributed by atoms with Gasteiger partial charge in [0.1, 0.15) is 0 Å². The molecule has 0 bridgehead atoms. The lowest BCUT2D eigenvalue weighted by molar-refractivity contribution is -0.122. The Kier molecular flexibility index (Phi) is 6.43. The summed E-state index contributed by atoms with van der Waals surface area (Å²) >= 11 is 0. The van der Waals surface area contributed by atoms with Crippen LogP contribution in [0.3, 0.4) is 0 Å². The Morgan fingerprint density at radius 2 is 1.87 bits per heavy atom. The van der Waals surface area contributed by atoms with Gasteiger partial charge in [-0.25, -0.2) is 0 Å². The highest BCUT2D eigenvalue weighted by Gasteiger charge is 2.44. The number of amides is 1. The van der Waals surface area contributed by atoms with E-state index in [1.165, 1.54) is 16.3 Å². The van der Waals surface area contributed by atoms with Crippen molar-refractivity contribution in [3.63, 3.8) is 0 Å². The van der Waals surface area contributed by atoms with Crippen LogP contribution < -0.4 is 10.6 Å². The van der Waals surface area contributed by atoms with E-state index in [1.54, 1.807) is 0 Å². The van der Waals surface area contributed by atoms with Crippen LogP contribution in [0.15, 0.2) is 42.5 Å². The second-order valence-electron chi connectivity index (χ2n) is 6.06. The zero-order chi connectivity index (χ0) is 15.4. The van der Waals surface area contributed by atoms with Gasteiger partial charge in [-0.15, -0.1) is 12.4 Å². The van der Waals surface area contributed by atoms with Crippen LogP contribution in [0.5, 0.6) is 0 Å². The van der Waals surface area contributed by atoms with Crippen molar-refractivity contribution in [2.75, 3.05) is 19.6 Å². The van der Waals surface area contributed by atoms with Gasteiger partial charge in [-0.3, -0.25) is 4.79 Å². The molecule has 23 heavy (non-hydrogen) atoms. The van der Waals surface area contributed by atoms with Crippen LogP contribution in [0, 0.1) is 5.92 Å². The summed E-state index contributed by atoms with van der Waals surface area (Å²) in [6.07, 6.45) is 2.10. The molecule has 0 heterocycles. The lowest BCUT2D eigenvalue weighted by Gasteiger charge is -2.08. The van der Waals surface area contributed by atoms with Crippen LogP contribution in [-0.4, -0.2) is 25.5 Å². The first-order chi connectivity index (χ1) is 10.8. The molecule has 2 atom stereocenters. The summed E-state index contributed by atoms with van der Waals surface area (Å²) in [6, 6.07) is 14.8. The smallest absolute Gasteiger partial charge is 0.223 e. The molecule has 3 nitrogen and oxygen atoms in total. The van der Waals surface area contributed by atoms with Crippen LogP contribution in [-0.2, 0) is 4.79 Å². The molecule has 124 valence electrons. The Labute approximate surface area is 144 Å². The van der Waals surface area contributed by atoms with E-state index in [-0.39, 0.29) is 24.2 Å². The fourth-order valence-corrected chi connectivity index (χ4v) is 3.11. The van der Waals surface area contributed by atoms with Crippen LogP contribution in [0.4, 0.5) is 0 Å². The molecule has 2 N–H and O–H groups in total. The highest BCUT2D eigenvalue weighted by atomic mass is 35.5. The molecular weight excluding hydrogens is 308 g/mol. The normalized spacial score (nSPS) is 19.2. The molecule has 2 aromatic rings. The van der Waals surface area contributed by atoms with E-state index >= 15 is 0 Å². The topological polar surface area (TPSA) is 41.1 Å². The molecule has 1 aliphatic carbocycles. The Morgan fingerprint density at radius 1 is 1.09 bits per heavy atom. The average molecular weight is 333 g/mol. The molecule has 0 aromatic heterocycles. The first-order valence-corrected chi connectivity index (χ1v) is 8.27. The summed E-state index contributed by atoms with van der Waals surface area (Å²) in [7, 11) is 0. The molecule has 1 aliphatic rings. The second kappa shape index (κ2) is 8.32. The average Bonchev–Trinajstić information content (AvgIpc) is 3.34. The maximum Gasteiger partial charge on any atom is 0.223 e. The van der Waals surface area contributed by atoms with Crippen molar-refractivity contribution in [2.45, 2.75) is 25.7 Å². The summed E-state index contributed by atoms with van der Waals surface area (Å²) in [5, 5.41) is 8.90. The summed E-state index contributed by atoms with van der Waals surface area (Å²) in [4.78, 5) is 12.2. The third-order valence-electron chi connectivity index (χ3n) is 4.38. The molecule has 0 spiro atoms. The highest BCUT2D eigenvalue weighted by Crippen LogP contribution is 2.49. The number of fused-ring (bicyclic) bond motifs is 1. The molecule has 0 radical (unpaired) electrons. The van der Waals surface area contributed by atoms with E-state index in [2.05, 4.69) is 60.0 Å². The number of benzene rings is 2. The largest absolute Gasteiger partial charge is 0.355 e. The number of hydrogen-bond acceptors (Lipinski definition) is 2. The van der Waals surface area contributed by atoms with E-state index in [0.717, 1.165) is 32.5 Å². The molecule has 3 rings (SSSR count). The summed E-state index contributed by atoms with van der Waals surface area (Å²) in [6.45, 7) is 4.73. The predicted molar refractivity (Wildman–Crippen MR) is 98.2 cm³/mol. The van der Waals surface area contributed by atoms with Gasteiger partial charge in [0.15, 0.2) is 0 Å². The lowest BCUT2D eigenvalue weighted by atomic mass is 10.00. The molecule has 2 unspecified atom stereocenters. The van der Waals surface area contributed by atoms with Gasteiger partial charge in [0.25, 0.3) is 0 Å². The molecular formula is C19H25ClN2O. The summed E-state index contributed by atoms with van der Waals surface area (Å²) in [5.74, 6) is 0.739. The van der Waals surface area contributed by atoms with E-state index in [4.69, 9.17) is 0 Å². The number of carbonyl (C=O) groups excluding carboxylic acids is 1. The van der Waals surface area contributed by atoms with Gasteiger partial charge in [0.2, 0.25) is 5.91 Å². The minimum Gasteiger partial charge on any atom is -0.355 e. The molecule has 1 fully saturated rings. The van der Waals surface area contributed by atoms with Gasteiger partial charge in [-0.2, -0.15) is 0 Å². The van der Waals surface area contributed by atoms with E-state index < -0.39 is 0 Å². The number of nitrogens with one attached hydrogen (secondary N) is 2. The molecule has 0 aliphatic heterocycles. The minimum atomic E-state index is 0. The maximum absolute atomic E-state index is 12.2. The van der Waals surface area contributed by atoms with Crippen molar-refractivity contribution in [3.05, 3.63) is 48.0 Å².